The van der Waals surface area contributed by atoms with Gasteiger partial charge in [0, 0.05) is 5.56 Å². The number of hydrogen-bond acceptors (Lipinski definition) is 2. The van der Waals surface area contributed by atoms with Crippen LogP contribution in [0.15, 0.2) is 30.3 Å². The summed E-state index contributed by atoms with van der Waals surface area (Å²) >= 11 is 0. The molecule has 0 amide bonds. The maximum Gasteiger partial charge on any atom is 0.126 e. The predicted octanol–water partition coefficient (Wildman–Crippen LogP) is 2.48. The Morgan fingerprint density at radius 1 is 1.43 bits per heavy atom. The molecule has 2 nitrogen and oxygen atoms in total. The molecule has 1 atom stereocenters. The first-order valence-corrected chi connectivity index (χ1v) is 4.65. The van der Waals surface area contributed by atoms with Crippen molar-refractivity contribution in [2.24, 2.45) is 0 Å². The molecule has 0 saturated carbocycles. The Labute approximate surface area is 84.8 Å². The van der Waals surface area contributed by atoms with E-state index in [9.17, 15) is 5.11 Å². The summed E-state index contributed by atoms with van der Waals surface area (Å²) < 4.78 is 5.23. The Morgan fingerprint density at radius 3 is 2.64 bits per heavy atom. The number of aliphatic hydroxyl groups excluding tert-OH is 1. The van der Waals surface area contributed by atoms with Crippen LogP contribution in [0.5, 0.6) is 5.75 Å². The molecule has 0 aliphatic heterocycles. The minimum absolute atomic E-state index is 0.431. The Balaban J connectivity index is 3.05. The average Bonchev–Trinajstić information content (AvgIpc) is 2.16. The van der Waals surface area contributed by atoms with E-state index in [-0.39, 0.29) is 0 Å². The number of para-hydroxylation sites is 1. The second-order valence-corrected chi connectivity index (χ2v) is 3.29. The fourth-order valence-corrected chi connectivity index (χ4v) is 1.42. The molecule has 76 valence electrons. The van der Waals surface area contributed by atoms with Gasteiger partial charge in [-0.05, 0) is 25.5 Å². The molecule has 0 radical (unpaired) electrons. The third-order valence-corrected chi connectivity index (χ3v) is 2.02. The van der Waals surface area contributed by atoms with Crippen LogP contribution in [-0.4, -0.2) is 18.3 Å². The van der Waals surface area contributed by atoms with Gasteiger partial charge in [-0.1, -0.05) is 24.3 Å². The van der Waals surface area contributed by atoms with Crippen molar-refractivity contribution >= 4 is 5.57 Å². The molecule has 0 saturated heterocycles. The first kappa shape index (κ1) is 10.8. The van der Waals surface area contributed by atoms with E-state index in [1.54, 1.807) is 20.1 Å². The molecular formula is C12H16O2. The van der Waals surface area contributed by atoms with Crippen molar-refractivity contribution in [1.29, 1.82) is 0 Å². The molecule has 1 N–H and O–H groups in total. The van der Waals surface area contributed by atoms with Gasteiger partial charge < -0.3 is 9.84 Å². The number of benzene rings is 1. The molecule has 14 heavy (non-hydrogen) atoms. The summed E-state index contributed by atoms with van der Waals surface area (Å²) in [5.41, 5.74) is 2.05. The van der Waals surface area contributed by atoms with Crippen molar-refractivity contribution < 1.29 is 9.84 Å². The van der Waals surface area contributed by atoms with Crippen molar-refractivity contribution in [1.82, 2.24) is 0 Å². The molecule has 0 aliphatic carbocycles. The average molecular weight is 192 g/mol. The summed E-state index contributed by atoms with van der Waals surface area (Å²) in [4.78, 5) is 0. The second-order valence-electron chi connectivity index (χ2n) is 3.29. The fraction of sp³-hybridized carbons (Fsp3) is 0.333. The van der Waals surface area contributed by atoms with Crippen LogP contribution in [-0.2, 0) is 0 Å². The third-order valence-electron chi connectivity index (χ3n) is 2.02. The molecule has 1 aromatic carbocycles. The summed E-state index contributed by atoms with van der Waals surface area (Å²) in [6, 6.07) is 7.77. The van der Waals surface area contributed by atoms with E-state index in [0.717, 1.165) is 16.9 Å². The summed E-state index contributed by atoms with van der Waals surface area (Å²) in [7, 11) is 1.65. The number of rotatable bonds is 3. The molecule has 0 fully saturated rings. The van der Waals surface area contributed by atoms with E-state index in [2.05, 4.69) is 0 Å². The van der Waals surface area contributed by atoms with Crippen molar-refractivity contribution in [2.45, 2.75) is 20.0 Å². The van der Waals surface area contributed by atoms with Crippen molar-refractivity contribution in [2.75, 3.05) is 7.11 Å². The van der Waals surface area contributed by atoms with Gasteiger partial charge in [0.25, 0.3) is 0 Å². The molecule has 1 unspecified atom stereocenters. The molecule has 2 heteroatoms. The topological polar surface area (TPSA) is 29.5 Å². The minimum Gasteiger partial charge on any atom is -0.496 e. The SMILES string of the molecule is COc1ccccc1/C(C)=C/C(C)O. The van der Waals surface area contributed by atoms with Crippen LogP contribution in [0.4, 0.5) is 0 Å². The zero-order valence-electron chi connectivity index (χ0n) is 8.82. The van der Waals surface area contributed by atoms with E-state index in [1.165, 1.54) is 0 Å². The zero-order chi connectivity index (χ0) is 10.6. The Hall–Kier alpha value is -1.28. The maximum atomic E-state index is 9.23. The number of aliphatic hydroxyl groups is 1. The van der Waals surface area contributed by atoms with Crippen LogP contribution >= 0.6 is 0 Å². The molecular weight excluding hydrogens is 176 g/mol. The highest BCUT2D eigenvalue weighted by atomic mass is 16.5. The van der Waals surface area contributed by atoms with Crippen molar-refractivity contribution in [3.8, 4) is 5.75 Å². The highest BCUT2D eigenvalue weighted by Gasteiger charge is 2.03. The van der Waals surface area contributed by atoms with E-state index in [1.807, 2.05) is 31.2 Å². The van der Waals surface area contributed by atoms with E-state index in [0.29, 0.717) is 0 Å². The zero-order valence-corrected chi connectivity index (χ0v) is 8.82. The Kier molecular flexibility index (Phi) is 3.72. The quantitative estimate of drug-likeness (QED) is 0.797. The maximum absolute atomic E-state index is 9.23. The first-order valence-electron chi connectivity index (χ1n) is 4.65. The fourth-order valence-electron chi connectivity index (χ4n) is 1.42. The van der Waals surface area contributed by atoms with E-state index >= 15 is 0 Å². The van der Waals surface area contributed by atoms with Gasteiger partial charge in [-0.15, -0.1) is 0 Å². The molecule has 1 aromatic rings. The Morgan fingerprint density at radius 2 is 2.07 bits per heavy atom. The minimum atomic E-state index is -0.431. The predicted molar refractivity (Wildman–Crippen MR) is 58.3 cm³/mol. The van der Waals surface area contributed by atoms with E-state index in [4.69, 9.17) is 4.74 Å². The van der Waals surface area contributed by atoms with Gasteiger partial charge in [-0.25, -0.2) is 0 Å². The summed E-state index contributed by atoms with van der Waals surface area (Å²) in [6.45, 7) is 3.70. The van der Waals surface area contributed by atoms with Crippen LogP contribution in [0.25, 0.3) is 5.57 Å². The van der Waals surface area contributed by atoms with Gasteiger partial charge >= 0.3 is 0 Å². The molecule has 0 bridgehead atoms. The van der Waals surface area contributed by atoms with Crippen molar-refractivity contribution in [3.63, 3.8) is 0 Å². The number of allylic oxidation sites excluding steroid dienone is 1. The molecule has 0 spiro atoms. The molecule has 0 aromatic heterocycles. The lowest BCUT2D eigenvalue weighted by atomic mass is 10.1. The second kappa shape index (κ2) is 4.82. The number of methoxy groups -OCH3 is 1. The summed E-state index contributed by atoms with van der Waals surface area (Å²) in [6.07, 6.45) is 1.37. The van der Waals surface area contributed by atoms with Gasteiger partial charge in [0.05, 0.1) is 13.2 Å². The summed E-state index contributed by atoms with van der Waals surface area (Å²) in [5.74, 6) is 0.835. The first-order chi connectivity index (χ1) is 6.65. The van der Waals surface area contributed by atoms with Gasteiger partial charge in [0.2, 0.25) is 0 Å². The molecule has 0 heterocycles. The van der Waals surface area contributed by atoms with Gasteiger partial charge in [0.15, 0.2) is 0 Å². The van der Waals surface area contributed by atoms with Crippen LogP contribution < -0.4 is 4.74 Å². The normalized spacial score (nSPS) is 13.9. The Bertz CT molecular complexity index is 327. The van der Waals surface area contributed by atoms with Crippen molar-refractivity contribution in [3.05, 3.63) is 35.9 Å². The molecule has 1 rings (SSSR count). The van der Waals surface area contributed by atoms with Crippen LogP contribution in [0.1, 0.15) is 19.4 Å². The van der Waals surface area contributed by atoms with Crippen LogP contribution in [0, 0.1) is 0 Å². The highest BCUT2D eigenvalue weighted by Crippen LogP contribution is 2.25. The smallest absolute Gasteiger partial charge is 0.126 e. The van der Waals surface area contributed by atoms with Gasteiger partial charge in [-0.3, -0.25) is 0 Å². The largest absolute Gasteiger partial charge is 0.496 e. The monoisotopic (exact) mass is 192 g/mol. The van der Waals surface area contributed by atoms with Gasteiger partial charge in [-0.2, -0.15) is 0 Å². The van der Waals surface area contributed by atoms with Crippen LogP contribution in [0.2, 0.25) is 0 Å². The number of hydrogen-bond donors (Lipinski definition) is 1. The van der Waals surface area contributed by atoms with E-state index < -0.39 is 6.10 Å². The highest BCUT2D eigenvalue weighted by molar-refractivity contribution is 5.69. The lowest BCUT2D eigenvalue weighted by Gasteiger charge is -2.09. The third kappa shape index (κ3) is 2.60. The lowest BCUT2D eigenvalue weighted by molar-refractivity contribution is 0.244. The van der Waals surface area contributed by atoms with Gasteiger partial charge in [0.1, 0.15) is 5.75 Å². The molecule has 0 aliphatic rings. The number of ether oxygens (including phenoxy) is 1. The summed E-state index contributed by atoms with van der Waals surface area (Å²) in [5, 5.41) is 9.23. The van der Waals surface area contributed by atoms with Crippen LogP contribution in [0.3, 0.4) is 0 Å². The standard InChI is InChI=1S/C12H16O2/c1-9(8-10(2)13)11-6-4-5-7-12(11)14-3/h4-8,10,13H,1-3H3/b9-8+. The lowest BCUT2D eigenvalue weighted by Crippen LogP contribution is -1.96.